The quantitative estimate of drug-likeness (QED) is 0.603. The van der Waals surface area contributed by atoms with Gasteiger partial charge in [-0.05, 0) is 53.9 Å². The van der Waals surface area contributed by atoms with Gasteiger partial charge in [0.2, 0.25) is 10.0 Å². The van der Waals surface area contributed by atoms with E-state index in [1.807, 2.05) is 24.3 Å². The zero-order valence-electron chi connectivity index (χ0n) is 16.1. The Hall–Kier alpha value is -2.13. The number of halogens is 1. The number of nitrogens with zero attached hydrogens (tertiary/aromatic N) is 1. The van der Waals surface area contributed by atoms with Crippen molar-refractivity contribution in [3.63, 3.8) is 0 Å². The molecule has 0 unspecified atom stereocenters. The molecule has 1 N–H and O–H groups in total. The summed E-state index contributed by atoms with van der Waals surface area (Å²) in [5.41, 5.74) is 0.142. The van der Waals surface area contributed by atoms with E-state index in [4.69, 9.17) is 11.6 Å². The summed E-state index contributed by atoms with van der Waals surface area (Å²) in [5, 5.41) is 1.79. The Bertz CT molecular complexity index is 1300. The number of fused-ring (bicyclic) bond motifs is 1. The van der Waals surface area contributed by atoms with E-state index in [9.17, 15) is 16.8 Å². The van der Waals surface area contributed by atoms with Crippen molar-refractivity contribution in [3.05, 3.63) is 65.7 Å². The summed E-state index contributed by atoms with van der Waals surface area (Å²) in [6.07, 6.45) is 2.58. The van der Waals surface area contributed by atoms with Crippen molar-refractivity contribution < 1.29 is 16.8 Å². The van der Waals surface area contributed by atoms with Gasteiger partial charge in [-0.2, -0.15) is 4.31 Å². The van der Waals surface area contributed by atoms with Crippen molar-refractivity contribution in [1.29, 1.82) is 0 Å². The van der Waals surface area contributed by atoms with Crippen molar-refractivity contribution in [2.75, 3.05) is 17.8 Å². The fourth-order valence-electron chi connectivity index (χ4n) is 3.56. The van der Waals surface area contributed by atoms with Gasteiger partial charge >= 0.3 is 0 Å². The number of rotatable bonds is 5. The third kappa shape index (κ3) is 4.18. The first kappa shape index (κ1) is 21.1. The largest absolute Gasteiger partial charge is 0.280 e. The summed E-state index contributed by atoms with van der Waals surface area (Å²) < 4.78 is 55.7. The van der Waals surface area contributed by atoms with Gasteiger partial charge in [-0.15, -0.1) is 0 Å². The van der Waals surface area contributed by atoms with Crippen LogP contribution in [-0.2, 0) is 20.0 Å². The SMILES string of the molecule is O=S(=O)(Nc1ccc(Cl)c(S(=O)(=O)N2CCCCC2)c1)c1ccc2ccccc2c1. The lowest BCUT2D eigenvalue weighted by Gasteiger charge is -2.26. The van der Waals surface area contributed by atoms with Gasteiger partial charge in [-0.3, -0.25) is 4.72 Å². The minimum Gasteiger partial charge on any atom is -0.280 e. The summed E-state index contributed by atoms with van der Waals surface area (Å²) in [7, 11) is -7.70. The second-order valence-corrected chi connectivity index (χ2v) is 11.2. The molecular formula is C21H21ClN2O4S2. The lowest BCUT2D eigenvalue weighted by molar-refractivity contribution is 0.346. The first-order valence-corrected chi connectivity index (χ1v) is 12.9. The molecule has 0 atom stereocenters. The summed E-state index contributed by atoms with van der Waals surface area (Å²) >= 11 is 6.17. The van der Waals surface area contributed by atoms with Crippen molar-refractivity contribution in [3.8, 4) is 0 Å². The lowest BCUT2D eigenvalue weighted by Crippen LogP contribution is -2.35. The van der Waals surface area contributed by atoms with Gasteiger partial charge in [0.05, 0.1) is 15.6 Å². The minimum atomic E-state index is -3.91. The van der Waals surface area contributed by atoms with E-state index in [1.165, 1.54) is 28.6 Å². The smallest absolute Gasteiger partial charge is 0.261 e. The van der Waals surface area contributed by atoms with Crippen LogP contribution >= 0.6 is 11.6 Å². The van der Waals surface area contributed by atoms with Crippen LogP contribution in [0.3, 0.4) is 0 Å². The maximum atomic E-state index is 13.0. The summed E-state index contributed by atoms with van der Waals surface area (Å²) in [6, 6.07) is 16.4. The molecule has 1 saturated heterocycles. The van der Waals surface area contributed by atoms with Gasteiger partial charge in [-0.25, -0.2) is 16.8 Å². The van der Waals surface area contributed by atoms with Crippen LogP contribution in [0.15, 0.2) is 70.5 Å². The van der Waals surface area contributed by atoms with Crippen LogP contribution in [-0.4, -0.2) is 34.2 Å². The average Bonchev–Trinajstić information content (AvgIpc) is 2.75. The molecule has 9 heteroatoms. The van der Waals surface area contributed by atoms with E-state index in [0.29, 0.717) is 13.1 Å². The Morgan fingerprint density at radius 3 is 2.23 bits per heavy atom. The van der Waals surface area contributed by atoms with Crippen LogP contribution in [0.1, 0.15) is 19.3 Å². The number of anilines is 1. The molecule has 30 heavy (non-hydrogen) atoms. The second-order valence-electron chi connectivity index (χ2n) is 7.22. The van der Waals surface area contributed by atoms with E-state index in [2.05, 4.69) is 4.72 Å². The van der Waals surface area contributed by atoms with Crippen LogP contribution < -0.4 is 4.72 Å². The predicted molar refractivity (Wildman–Crippen MR) is 119 cm³/mol. The van der Waals surface area contributed by atoms with Gasteiger partial charge in [0, 0.05) is 13.1 Å². The molecule has 1 heterocycles. The van der Waals surface area contributed by atoms with Crippen LogP contribution in [0.2, 0.25) is 5.02 Å². The zero-order chi connectivity index (χ0) is 21.4. The number of piperidine rings is 1. The molecule has 6 nitrogen and oxygen atoms in total. The number of benzene rings is 3. The highest BCUT2D eigenvalue weighted by Crippen LogP contribution is 2.30. The normalized spacial score (nSPS) is 15.9. The topological polar surface area (TPSA) is 83.5 Å². The Morgan fingerprint density at radius 2 is 1.50 bits per heavy atom. The average molecular weight is 465 g/mol. The van der Waals surface area contributed by atoms with E-state index < -0.39 is 20.0 Å². The number of nitrogens with one attached hydrogen (secondary N) is 1. The maximum absolute atomic E-state index is 13.0. The van der Waals surface area contributed by atoms with Gasteiger partial charge in [-0.1, -0.05) is 48.4 Å². The Kier molecular flexibility index (Phi) is 5.76. The van der Waals surface area contributed by atoms with Gasteiger partial charge in [0.15, 0.2) is 0 Å². The maximum Gasteiger partial charge on any atom is 0.261 e. The van der Waals surface area contributed by atoms with Gasteiger partial charge in [0.1, 0.15) is 4.90 Å². The highest BCUT2D eigenvalue weighted by Gasteiger charge is 2.28. The van der Waals surface area contributed by atoms with Crippen LogP contribution in [0.5, 0.6) is 0 Å². The summed E-state index contributed by atoms with van der Waals surface area (Å²) in [6.45, 7) is 0.872. The van der Waals surface area contributed by atoms with Gasteiger partial charge in [0.25, 0.3) is 10.0 Å². The molecule has 0 amide bonds. The Morgan fingerprint density at radius 1 is 0.800 bits per heavy atom. The third-order valence-corrected chi connectivity index (χ3v) is 8.91. The molecule has 0 radical (unpaired) electrons. The molecule has 4 rings (SSSR count). The molecule has 3 aromatic carbocycles. The van der Waals surface area contributed by atoms with Crippen LogP contribution in [0.25, 0.3) is 10.8 Å². The summed E-state index contributed by atoms with van der Waals surface area (Å²) in [4.78, 5) is 0.00126. The van der Waals surface area contributed by atoms with Crippen molar-refractivity contribution in [2.45, 2.75) is 29.1 Å². The van der Waals surface area contributed by atoms with Crippen LogP contribution in [0, 0.1) is 0 Å². The minimum absolute atomic E-state index is 0.0641. The van der Waals surface area contributed by atoms with Crippen molar-refractivity contribution in [2.24, 2.45) is 0 Å². The van der Waals surface area contributed by atoms with Gasteiger partial charge < -0.3 is 0 Å². The number of hydrogen-bond acceptors (Lipinski definition) is 4. The molecule has 158 valence electrons. The first-order valence-electron chi connectivity index (χ1n) is 9.59. The second kappa shape index (κ2) is 8.19. The Balaban J connectivity index is 1.66. The van der Waals surface area contributed by atoms with Crippen LogP contribution in [0.4, 0.5) is 5.69 Å². The summed E-state index contributed by atoms with van der Waals surface area (Å²) in [5.74, 6) is 0. The zero-order valence-corrected chi connectivity index (χ0v) is 18.5. The fourth-order valence-corrected chi connectivity index (χ4v) is 6.66. The molecule has 3 aromatic rings. The molecule has 1 fully saturated rings. The predicted octanol–water partition coefficient (Wildman–Crippen LogP) is 4.47. The molecule has 0 aromatic heterocycles. The highest BCUT2D eigenvalue weighted by atomic mass is 35.5. The van der Waals surface area contributed by atoms with E-state index in [-0.39, 0.29) is 20.5 Å². The lowest BCUT2D eigenvalue weighted by atomic mass is 10.1. The Labute approximate surface area is 181 Å². The van der Waals surface area contributed by atoms with Crippen molar-refractivity contribution in [1.82, 2.24) is 4.31 Å². The third-order valence-electron chi connectivity index (χ3n) is 5.15. The molecule has 0 aliphatic carbocycles. The molecule has 1 aliphatic heterocycles. The fraction of sp³-hybridized carbons (Fsp3) is 0.238. The molecule has 0 spiro atoms. The molecule has 0 bridgehead atoms. The standard InChI is InChI=1S/C21H21ClN2O4S2/c22-20-11-9-18(15-21(20)30(27,28)24-12-4-1-5-13-24)23-29(25,26)19-10-8-16-6-2-3-7-17(16)14-19/h2-3,6-11,14-15,23H,1,4-5,12-13H2. The first-order chi connectivity index (χ1) is 14.3. The van der Waals surface area contributed by atoms with Crippen molar-refractivity contribution >= 4 is 48.1 Å². The number of hydrogen-bond donors (Lipinski definition) is 1. The molecule has 1 aliphatic rings. The highest BCUT2D eigenvalue weighted by molar-refractivity contribution is 7.92. The molecular weight excluding hydrogens is 444 g/mol. The van der Waals surface area contributed by atoms with E-state index in [1.54, 1.807) is 12.1 Å². The van der Waals surface area contributed by atoms with E-state index >= 15 is 0 Å². The molecule has 0 saturated carbocycles. The monoisotopic (exact) mass is 464 g/mol. The number of sulfonamides is 2. The van der Waals surface area contributed by atoms with E-state index in [0.717, 1.165) is 30.0 Å².